The van der Waals surface area contributed by atoms with Crippen molar-refractivity contribution in [2.24, 2.45) is 0 Å². The standard InChI is InChI=1S/C5H3F2N2O/c6-5(7)10-4-1-2-8-3-9-4/h1-2,5H. The van der Waals surface area contributed by atoms with Crippen LogP contribution in [-0.2, 0) is 0 Å². The maximum atomic E-state index is 11.4. The van der Waals surface area contributed by atoms with Crippen molar-refractivity contribution in [3.8, 4) is 5.88 Å². The molecule has 0 spiro atoms. The fourth-order valence-electron chi connectivity index (χ4n) is 0.407. The summed E-state index contributed by atoms with van der Waals surface area (Å²) < 4.78 is 26.7. The lowest BCUT2D eigenvalue weighted by atomic mass is 10.6. The van der Waals surface area contributed by atoms with E-state index < -0.39 is 6.61 Å². The molecule has 1 heterocycles. The first-order chi connectivity index (χ1) is 4.79. The Morgan fingerprint density at radius 2 is 2.40 bits per heavy atom. The third-order valence-corrected chi connectivity index (χ3v) is 0.719. The van der Waals surface area contributed by atoms with E-state index in [0.717, 1.165) is 0 Å². The minimum Gasteiger partial charge on any atom is -0.417 e. The maximum absolute atomic E-state index is 11.4. The second-order valence-corrected chi connectivity index (χ2v) is 1.37. The Morgan fingerprint density at radius 3 is 2.90 bits per heavy atom. The molecule has 5 heteroatoms. The van der Waals surface area contributed by atoms with Gasteiger partial charge in [0.2, 0.25) is 12.2 Å². The molecule has 53 valence electrons. The molecule has 0 saturated carbocycles. The van der Waals surface area contributed by atoms with Crippen LogP contribution in [0.1, 0.15) is 0 Å². The largest absolute Gasteiger partial charge is 0.417 e. The fourth-order valence-corrected chi connectivity index (χ4v) is 0.407. The molecule has 0 aliphatic carbocycles. The molecule has 0 aromatic carbocycles. The molecule has 0 aliphatic heterocycles. The van der Waals surface area contributed by atoms with E-state index in [9.17, 15) is 8.78 Å². The highest BCUT2D eigenvalue weighted by Crippen LogP contribution is 2.05. The van der Waals surface area contributed by atoms with Gasteiger partial charge in [0.15, 0.2) is 0 Å². The second kappa shape index (κ2) is 3.05. The van der Waals surface area contributed by atoms with Crippen LogP contribution < -0.4 is 4.74 Å². The fraction of sp³-hybridized carbons (Fsp3) is 0.200. The molecule has 3 nitrogen and oxygen atoms in total. The van der Waals surface area contributed by atoms with Crippen molar-refractivity contribution in [1.29, 1.82) is 0 Å². The summed E-state index contributed by atoms with van der Waals surface area (Å²) in [6.07, 6.45) is 3.38. The Balaban J connectivity index is 2.59. The zero-order chi connectivity index (χ0) is 7.40. The highest BCUT2D eigenvalue weighted by atomic mass is 19.3. The summed E-state index contributed by atoms with van der Waals surface area (Å²) in [5.74, 6) is -0.176. The van der Waals surface area contributed by atoms with Gasteiger partial charge in [0.1, 0.15) is 0 Å². The van der Waals surface area contributed by atoms with Crippen LogP contribution in [0.5, 0.6) is 5.88 Å². The molecular weight excluding hydrogens is 142 g/mol. The average Bonchev–Trinajstić information content (AvgIpc) is 1.88. The number of alkyl halides is 2. The minimum absolute atomic E-state index is 0.176. The monoisotopic (exact) mass is 145 g/mol. The normalized spacial score (nSPS) is 9.90. The summed E-state index contributed by atoms with van der Waals surface area (Å²) in [4.78, 5) is 6.67. The van der Waals surface area contributed by atoms with Gasteiger partial charge in [-0.25, -0.2) is 4.98 Å². The third kappa shape index (κ3) is 1.93. The van der Waals surface area contributed by atoms with Gasteiger partial charge >= 0.3 is 6.61 Å². The molecule has 0 bridgehead atoms. The van der Waals surface area contributed by atoms with E-state index in [1.807, 2.05) is 0 Å². The van der Waals surface area contributed by atoms with Gasteiger partial charge < -0.3 is 4.74 Å². The first kappa shape index (κ1) is 6.85. The van der Waals surface area contributed by atoms with Crippen LogP contribution in [0.3, 0.4) is 0 Å². The third-order valence-electron chi connectivity index (χ3n) is 0.719. The van der Waals surface area contributed by atoms with Crippen LogP contribution in [0, 0.1) is 6.33 Å². The van der Waals surface area contributed by atoms with Crippen molar-refractivity contribution in [1.82, 2.24) is 9.97 Å². The quantitative estimate of drug-likeness (QED) is 0.619. The van der Waals surface area contributed by atoms with Gasteiger partial charge in [-0.05, 0) is 0 Å². The first-order valence-corrected chi connectivity index (χ1v) is 2.43. The number of hydrogen-bond acceptors (Lipinski definition) is 3. The van der Waals surface area contributed by atoms with Crippen molar-refractivity contribution in [3.63, 3.8) is 0 Å². The number of aromatic nitrogens is 2. The van der Waals surface area contributed by atoms with Crippen LogP contribution in [-0.4, -0.2) is 16.6 Å². The van der Waals surface area contributed by atoms with Crippen LogP contribution in [0.2, 0.25) is 0 Å². The number of rotatable bonds is 2. The summed E-state index contributed by atoms with van der Waals surface area (Å²) >= 11 is 0. The van der Waals surface area contributed by atoms with Crippen molar-refractivity contribution in [2.75, 3.05) is 0 Å². The van der Waals surface area contributed by atoms with E-state index in [1.54, 1.807) is 0 Å². The molecule has 0 N–H and O–H groups in total. The van der Waals surface area contributed by atoms with Crippen LogP contribution in [0.15, 0.2) is 12.3 Å². The SMILES string of the molecule is FC(F)Oc1ccn[c]n1. The zero-order valence-corrected chi connectivity index (χ0v) is 4.79. The number of nitrogens with zero attached hydrogens (tertiary/aromatic N) is 2. The van der Waals surface area contributed by atoms with Crippen molar-refractivity contribution < 1.29 is 13.5 Å². The van der Waals surface area contributed by atoms with Gasteiger partial charge in [0, 0.05) is 12.3 Å². The average molecular weight is 145 g/mol. The molecule has 0 fully saturated rings. The molecule has 0 unspecified atom stereocenters. The lowest BCUT2D eigenvalue weighted by molar-refractivity contribution is -0.0529. The zero-order valence-electron chi connectivity index (χ0n) is 4.79. The number of hydrogen-bond donors (Lipinski definition) is 0. The van der Waals surface area contributed by atoms with E-state index in [1.165, 1.54) is 12.3 Å². The smallest absolute Gasteiger partial charge is 0.388 e. The lowest BCUT2D eigenvalue weighted by Crippen LogP contribution is -2.03. The molecular formula is C5H3F2N2O. The maximum Gasteiger partial charge on any atom is 0.388 e. The molecule has 0 amide bonds. The van der Waals surface area contributed by atoms with Gasteiger partial charge in [-0.15, -0.1) is 0 Å². The Hall–Kier alpha value is -1.26. The summed E-state index contributed by atoms with van der Waals surface area (Å²) in [6, 6.07) is 1.22. The number of halogens is 2. The second-order valence-electron chi connectivity index (χ2n) is 1.37. The van der Waals surface area contributed by atoms with Gasteiger partial charge in [-0.2, -0.15) is 13.8 Å². The highest BCUT2D eigenvalue weighted by molar-refractivity contribution is 5.03. The van der Waals surface area contributed by atoms with Crippen molar-refractivity contribution in [3.05, 3.63) is 18.6 Å². The summed E-state index contributed by atoms with van der Waals surface area (Å²) in [5.41, 5.74) is 0. The summed E-state index contributed by atoms with van der Waals surface area (Å²) in [5, 5.41) is 0. The molecule has 0 atom stereocenters. The summed E-state index contributed by atoms with van der Waals surface area (Å²) in [7, 11) is 0. The molecule has 1 aromatic rings. The van der Waals surface area contributed by atoms with E-state index in [-0.39, 0.29) is 5.88 Å². The Labute approximate surface area is 55.7 Å². The van der Waals surface area contributed by atoms with Crippen LogP contribution >= 0.6 is 0 Å². The number of ether oxygens (including phenoxy) is 1. The topological polar surface area (TPSA) is 35.0 Å². The molecule has 1 aromatic heterocycles. The predicted molar refractivity (Wildman–Crippen MR) is 27.5 cm³/mol. The highest BCUT2D eigenvalue weighted by Gasteiger charge is 2.02. The molecule has 10 heavy (non-hydrogen) atoms. The van der Waals surface area contributed by atoms with E-state index in [0.29, 0.717) is 0 Å². The van der Waals surface area contributed by atoms with E-state index in [4.69, 9.17) is 0 Å². The van der Waals surface area contributed by atoms with E-state index >= 15 is 0 Å². The van der Waals surface area contributed by atoms with Crippen molar-refractivity contribution >= 4 is 0 Å². The molecule has 1 radical (unpaired) electrons. The predicted octanol–water partition coefficient (Wildman–Crippen LogP) is 0.878. The Kier molecular flexibility index (Phi) is 2.09. The lowest BCUT2D eigenvalue weighted by Gasteiger charge is -1.99. The Bertz CT molecular complexity index is 192. The van der Waals surface area contributed by atoms with Crippen LogP contribution in [0.25, 0.3) is 0 Å². The Morgan fingerprint density at radius 1 is 1.60 bits per heavy atom. The summed E-state index contributed by atoms with van der Waals surface area (Å²) in [6.45, 7) is -2.84. The first-order valence-electron chi connectivity index (χ1n) is 2.43. The molecule has 0 aliphatic rings. The molecule has 0 saturated heterocycles. The van der Waals surface area contributed by atoms with E-state index in [2.05, 4.69) is 21.0 Å². The van der Waals surface area contributed by atoms with Gasteiger partial charge in [-0.1, -0.05) is 0 Å². The van der Waals surface area contributed by atoms with Crippen LogP contribution in [0.4, 0.5) is 8.78 Å². The van der Waals surface area contributed by atoms with Gasteiger partial charge in [0.05, 0.1) is 0 Å². The molecule has 1 rings (SSSR count). The van der Waals surface area contributed by atoms with Crippen molar-refractivity contribution in [2.45, 2.75) is 6.61 Å². The minimum atomic E-state index is -2.84. The van der Waals surface area contributed by atoms with Gasteiger partial charge in [-0.3, -0.25) is 0 Å². The van der Waals surface area contributed by atoms with Gasteiger partial charge in [0.25, 0.3) is 0 Å².